The Hall–Kier alpha value is -2.94. The highest BCUT2D eigenvalue weighted by Crippen LogP contribution is 2.21. The predicted octanol–water partition coefficient (Wildman–Crippen LogP) is 3.00. The summed E-state index contributed by atoms with van der Waals surface area (Å²) in [6, 6.07) is 7.73. The maximum atomic E-state index is 13.6. The van der Waals surface area contributed by atoms with E-state index in [1.807, 2.05) is 0 Å². The van der Waals surface area contributed by atoms with Crippen molar-refractivity contribution >= 4 is 34.6 Å². The lowest BCUT2D eigenvalue weighted by atomic mass is 10.2. The molecule has 2 rings (SSSR count). The van der Waals surface area contributed by atoms with Gasteiger partial charge >= 0.3 is 0 Å². The van der Waals surface area contributed by atoms with Crippen LogP contribution < -0.4 is 10.6 Å². The van der Waals surface area contributed by atoms with Crippen LogP contribution in [0.1, 0.15) is 10.4 Å². The van der Waals surface area contributed by atoms with Crippen LogP contribution in [0.4, 0.5) is 20.2 Å². The van der Waals surface area contributed by atoms with E-state index in [1.54, 1.807) is 0 Å². The number of thiocarbonyl (C=S) groups is 1. The normalized spacial score (nSPS) is 10.0. The molecule has 0 spiro atoms. The highest BCUT2D eigenvalue weighted by atomic mass is 32.1. The molecule has 0 unspecified atom stereocenters. The van der Waals surface area contributed by atoms with Gasteiger partial charge in [-0.1, -0.05) is 6.07 Å². The second kappa shape index (κ2) is 6.88. The van der Waals surface area contributed by atoms with Crippen molar-refractivity contribution in [1.29, 1.82) is 0 Å². The highest BCUT2D eigenvalue weighted by molar-refractivity contribution is 7.80. The topological polar surface area (TPSA) is 84.3 Å². The van der Waals surface area contributed by atoms with Gasteiger partial charge in [0.25, 0.3) is 11.6 Å². The van der Waals surface area contributed by atoms with Crippen LogP contribution in [-0.4, -0.2) is 15.9 Å². The van der Waals surface area contributed by atoms with Gasteiger partial charge in [-0.3, -0.25) is 20.2 Å². The van der Waals surface area contributed by atoms with Crippen LogP contribution in [0.2, 0.25) is 0 Å². The first-order valence-electron chi connectivity index (χ1n) is 6.18. The first-order chi connectivity index (χ1) is 10.9. The number of non-ortho nitro benzene ring substituents is 1. The van der Waals surface area contributed by atoms with Crippen molar-refractivity contribution in [3.8, 4) is 0 Å². The number of halogens is 2. The first kappa shape index (κ1) is 16.4. The molecule has 2 aromatic carbocycles. The number of hydrogen-bond acceptors (Lipinski definition) is 4. The Morgan fingerprint density at radius 3 is 2.57 bits per heavy atom. The van der Waals surface area contributed by atoms with Crippen LogP contribution in [0, 0.1) is 21.7 Å². The fourth-order valence-corrected chi connectivity index (χ4v) is 1.88. The maximum Gasteiger partial charge on any atom is 0.271 e. The molecule has 23 heavy (non-hydrogen) atoms. The van der Waals surface area contributed by atoms with Gasteiger partial charge in [0.05, 0.1) is 10.6 Å². The number of nitro groups is 1. The fraction of sp³-hybridized carbons (Fsp3) is 0. The van der Waals surface area contributed by atoms with Gasteiger partial charge in [-0.15, -0.1) is 0 Å². The number of carbonyl (C=O) groups excluding carboxylic acids is 1. The van der Waals surface area contributed by atoms with Gasteiger partial charge in [0.2, 0.25) is 0 Å². The number of rotatable bonds is 3. The standard InChI is InChI=1S/C14H9F2N3O3S/c15-9-3-1-2-8(6-9)13(20)18-14(23)17-12-7-10(19(21)22)4-5-11(12)16/h1-7H,(H2,17,18,20,23). The van der Waals surface area contributed by atoms with Crippen LogP contribution in [0.3, 0.4) is 0 Å². The summed E-state index contributed by atoms with van der Waals surface area (Å²) in [5.41, 5.74) is -0.578. The zero-order valence-electron chi connectivity index (χ0n) is 11.4. The lowest BCUT2D eigenvalue weighted by Crippen LogP contribution is -2.34. The number of hydrogen-bond donors (Lipinski definition) is 2. The van der Waals surface area contributed by atoms with E-state index in [1.165, 1.54) is 18.2 Å². The van der Waals surface area contributed by atoms with Crippen LogP contribution in [-0.2, 0) is 0 Å². The zero-order valence-corrected chi connectivity index (χ0v) is 12.2. The van der Waals surface area contributed by atoms with Crippen molar-refractivity contribution in [2.45, 2.75) is 0 Å². The molecule has 0 aliphatic carbocycles. The predicted molar refractivity (Wildman–Crippen MR) is 83.1 cm³/mol. The second-order valence-corrected chi connectivity index (χ2v) is 4.75. The Morgan fingerprint density at radius 1 is 1.17 bits per heavy atom. The minimum atomic E-state index is -0.780. The quantitative estimate of drug-likeness (QED) is 0.511. The van der Waals surface area contributed by atoms with Gasteiger partial charge in [-0.25, -0.2) is 8.78 Å². The second-order valence-electron chi connectivity index (χ2n) is 4.34. The Bertz CT molecular complexity index is 799. The average molecular weight is 337 g/mol. The molecule has 0 aliphatic heterocycles. The number of carbonyl (C=O) groups is 1. The molecule has 0 heterocycles. The molecule has 0 radical (unpaired) electrons. The van der Waals surface area contributed by atoms with Crippen molar-refractivity contribution in [3.63, 3.8) is 0 Å². The molecule has 1 amide bonds. The van der Waals surface area contributed by atoms with Gasteiger partial charge in [0.15, 0.2) is 5.11 Å². The van der Waals surface area contributed by atoms with Crippen molar-refractivity contribution in [2.75, 3.05) is 5.32 Å². The molecule has 118 valence electrons. The molecule has 0 aromatic heterocycles. The third-order valence-electron chi connectivity index (χ3n) is 2.72. The van der Waals surface area contributed by atoms with Crippen LogP contribution in [0.25, 0.3) is 0 Å². The number of anilines is 1. The monoisotopic (exact) mass is 337 g/mol. The van der Waals surface area contributed by atoms with E-state index in [0.717, 1.165) is 24.3 Å². The Kier molecular flexibility index (Phi) is 4.91. The molecule has 2 N–H and O–H groups in total. The SMILES string of the molecule is O=C(NC(=S)Nc1cc([N+](=O)[O-])ccc1F)c1cccc(F)c1. The van der Waals surface area contributed by atoms with Gasteiger partial charge in [0, 0.05) is 17.7 Å². The van der Waals surface area contributed by atoms with Crippen LogP contribution in [0.15, 0.2) is 42.5 Å². The highest BCUT2D eigenvalue weighted by Gasteiger charge is 2.13. The molecule has 0 atom stereocenters. The summed E-state index contributed by atoms with van der Waals surface area (Å²) < 4.78 is 26.6. The summed E-state index contributed by atoms with van der Waals surface area (Å²) in [4.78, 5) is 21.8. The van der Waals surface area contributed by atoms with Crippen molar-refractivity contribution in [2.24, 2.45) is 0 Å². The Labute approximate surface area is 134 Å². The number of nitro benzene ring substituents is 1. The number of amides is 1. The molecular formula is C14H9F2N3O3S. The van der Waals surface area contributed by atoms with Gasteiger partial charge < -0.3 is 5.32 Å². The van der Waals surface area contributed by atoms with Crippen molar-refractivity contribution < 1.29 is 18.5 Å². The summed E-state index contributed by atoms with van der Waals surface area (Å²) in [6.07, 6.45) is 0. The summed E-state index contributed by atoms with van der Waals surface area (Å²) in [6.45, 7) is 0. The third-order valence-corrected chi connectivity index (χ3v) is 2.93. The summed E-state index contributed by atoms with van der Waals surface area (Å²) >= 11 is 4.84. The number of nitrogens with zero attached hydrogens (tertiary/aromatic N) is 1. The maximum absolute atomic E-state index is 13.6. The largest absolute Gasteiger partial charge is 0.330 e. The van der Waals surface area contributed by atoms with Gasteiger partial charge in [-0.2, -0.15) is 0 Å². The summed E-state index contributed by atoms with van der Waals surface area (Å²) in [7, 11) is 0. The van der Waals surface area contributed by atoms with Crippen LogP contribution in [0.5, 0.6) is 0 Å². The molecule has 0 aliphatic rings. The Morgan fingerprint density at radius 2 is 1.91 bits per heavy atom. The van der Waals surface area contributed by atoms with E-state index >= 15 is 0 Å². The molecule has 9 heteroatoms. The minimum Gasteiger partial charge on any atom is -0.330 e. The van der Waals surface area contributed by atoms with Crippen molar-refractivity contribution in [3.05, 3.63) is 69.8 Å². The number of benzene rings is 2. The van der Waals surface area contributed by atoms with Gasteiger partial charge in [-0.05, 0) is 36.5 Å². The Balaban J connectivity index is 2.09. The van der Waals surface area contributed by atoms with Crippen LogP contribution >= 0.6 is 12.2 Å². The lowest BCUT2D eigenvalue weighted by Gasteiger charge is -2.10. The zero-order chi connectivity index (χ0) is 17.0. The van der Waals surface area contributed by atoms with Gasteiger partial charge in [0.1, 0.15) is 11.6 Å². The first-order valence-corrected chi connectivity index (χ1v) is 6.59. The lowest BCUT2D eigenvalue weighted by molar-refractivity contribution is -0.384. The third kappa shape index (κ3) is 4.27. The molecular weight excluding hydrogens is 328 g/mol. The van der Waals surface area contributed by atoms with E-state index in [4.69, 9.17) is 12.2 Å². The molecule has 2 aromatic rings. The van der Waals surface area contributed by atoms with E-state index in [9.17, 15) is 23.7 Å². The molecule has 0 saturated heterocycles. The molecule has 0 fully saturated rings. The average Bonchev–Trinajstić information content (AvgIpc) is 2.49. The summed E-state index contributed by atoms with van der Waals surface area (Å²) in [5.74, 6) is -2.08. The minimum absolute atomic E-state index is 0.0219. The van der Waals surface area contributed by atoms with E-state index in [2.05, 4.69) is 10.6 Å². The van der Waals surface area contributed by atoms with Crippen molar-refractivity contribution in [1.82, 2.24) is 5.32 Å². The van der Waals surface area contributed by atoms with E-state index < -0.39 is 22.5 Å². The molecule has 0 saturated carbocycles. The smallest absolute Gasteiger partial charge is 0.271 e. The van der Waals surface area contributed by atoms with E-state index in [-0.39, 0.29) is 22.1 Å². The fourth-order valence-electron chi connectivity index (χ4n) is 1.68. The summed E-state index contributed by atoms with van der Waals surface area (Å²) in [5, 5.41) is 15.0. The molecule has 0 bridgehead atoms. The number of nitrogens with one attached hydrogen (secondary N) is 2. The molecule has 6 nitrogen and oxygen atoms in total. The van der Waals surface area contributed by atoms with E-state index in [0.29, 0.717) is 0 Å².